The Morgan fingerprint density at radius 2 is 1.75 bits per heavy atom. The number of halogens is 3. The monoisotopic (exact) mass is 383 g/mol. The second kappa shape index (κ2) is 6.83. The lowest BCUT2D eigenvalue weighted by atomic mass is 9.97. The molecule has 0 aliphatic carbocycles. The van der Waals surface area contributed by atoms with Gasteiger partial charge in [0.05, 0.1) is 12.5 Å². The van der Waals surface area contributed by atoms with Crippen molar-refractivity contribution in [2.45, 2.75) is 9.71 Å². The van der Waals surface area contributed by atoms with E-state index in [4.69, 9.17) is 39.5 Å². The van der Waals surface area contributed by atoms with Gasteiger partial charge in [0.15, 0.2) is 0 Å². The smallest absolute Gasteiger partial charge is 0.263 e. The van der Waals surface area contributed by atoms with Gasteiger partial charge in [0, 0.05) is 18.2 Å². The number of hydrogen-bond acceptors (Lipinski definition) is 2. The summed E-state index contributed by atoms with van der Waals surface area (Å²) in [6.07, 6.45) is 0. The van der Waals surface area contributed by atoms with Crippen molar-refractivity contribution in [2.24, 2.45) is 5.92 Å². The summed E-state index contributed by atoms with van der Waals surface area (Å²) in [5, 5.41) is -0.497. The van der Waals surface area contributed by atoms with E-state index in [-0.39, 0.29) is 5.91 Å². The van der Waals surface area contributed by atoms with Gasteiger partial charge < -0.3 is 9.64 Å². The predicted molar refractivity (Wildman–Crippen MR) is 98.3 cm³/mol. The van der Waals surface area contributed by atoms with Crippen molar-refractivity contribution in [3.63, 3.8) is 0 Å². The summed E-state index contributed by atoms with van der Waals surface area (Å²) in [5.74, 6) is -0.0520. The molecule has 1 saturated heterocycles. The summed E-state index contributed by atoms with van der Waals surface area (Å²) < 4.78 is 3.58. The van der Waals surface area contributed by atoms with Gasteiger partial charge in [-0.1, -0.05) is 53.5 Å². The Balaban J connectivity index is 1.88. The number of para-hydroxylation sites is 1. The van der Waals surface area contributed by atoms with E-state index in [9.17, 15) is 4.79 Å². The number of ether oxygens (including phenoxy) is 1. The molecule has 6 heteroatoms. The van der Waals surface area contributed by atoms with Crippen LogP contribution in [0.2, 0.25) is 0 Å². The Kier molecular flexibility index (Phi) is 4.95. The average molecular weight is 385 g/mol. The van der Waals surface area contributed by atoms with E-state index < -0.39 is 15.6 Å². The van der Waals surface area contributed by atoms with Crippen molar-refractivity contribution in [1.82, 2.24) is 0 Å². The van der Waals surface area contributed by atoms with Gasteiger partial charge in [-0.15, -0.1) is 11.6 Å². The first-order valence-electron chi connectivity index (χ1n) is 7.48. The van der Waals surface area contributed by atoms with Gasteiger partial charge in [-0.3, -0.25) is 4.79 Å². The van der Waals surface area contributed by atoms with Crippen LogP contribution >= 0.6 is 34.8 Å². The Morgan fingerprint density at radius 1 is 1.12 bits per heavy atom. The van der Waals surface area contributed by atoms with E-state index in [1.165, 1.54) is 0 Å². The van der Waals surface area contributed by atoms with Gasteiger partial charge in [-0.2, -0.15) is 0 Å². The molecule has 0 saturated carbocycles. The van der Waals surface area contributed by atoms with Crippen molar-refractivity contribution < 1.29 is 9.53 Å². The van der Waals surface area contributed by atoms with Gasteiger partial charge in [0.2, 0.25) is 4.33 Å². The minimum atomic E-state index is -1.57. The molecule has 0 spiro atoms. The summed E-state index contributed by atoms with van der Waals surface area (Å²) in [6, 6.07) is 16.7. The molecule has 0 radical (unpaired) electrons. The summed E-state index contributed by atoms with van der Waals surface area (Å²) in [5.41, 5.74) is 1.60. The SMILES string of the molecule is COc1ccc(C(Cl)[C@H]2CN(c3ccccc3)C(=O)C2(Cl)Cl)cc1. The molecule has 2 aromatic carbocycles. The van der Waals surface area contributed by atoms with Gasteiger partial charge in [-0.25, -0.2) is 0 Å². The van der Waals surface area contributed by atoms with Gasteiger partial charge in [-0.05, 0) is 29.8 Å². The van der Waals surface area contributed by atoms with E-state index in [1.807, 2.05) is 54.6 Å². The molecule has 0 bridgehead atoms. The number of carbonyl (C=O) groups is 1. The fourth-order valence-electron chi connectivity index (χ4n) is 2.86. The highest BCUT2D eigenvalue weighted by atomic mass is 35.5. The third-order valence-corrected chi connectivity index (χ3v) is 5.67. The lowest BCUT2D eigenvalue weighted by Crippen LogP contribution is -2.34. The first kappa shape index (κ1) is 17.4. The highest BCUT2D eigenvalue weighted by molar-refractivity contribution is 6.60. The summed E-state index contributed by atoms with van der Waals surface area (Å²) in [7, 11) is 1.60. The number of rotatable bonds is 4. The van der Waals surface area contributed by atoms with Crippen LogP contribution in [-0.2, 0) is 4.79 Å². The highest BCUT2D eigenvalue weighted by Gasteiger charge is 2.55. The largest absolute Gasteiger partial charge is 0.497 e. The minimum absolute atomic E-state index is 0.346. The number of alkyl halides is 3. The number of carbonyl (C=O) groups excluding carboxylic acids is 1. The molecule has 0 aromatic heterocycles. The lowest BCUT2D eigenvalue weighted by Gasteiger charge is -2.23. The number of nitrogens with zero attached hydrogens (tertiary/aromatic N) is 1. The zero-order valence-corrected chi connectivity index (χ0v) is 15.2. The molecule has 1 unspecified atom stereocenters. The molecule has 2 aromatic rings. The molecule has 0 N–H and O–H groups in total. The second-order valence-corrected chi connectivity index (χ2v) is 7.51. The maximum atomic E-state index is 12.7. The zero-order valence-electron chi connectivity index (χ0n) is 13.0. The fourth-order valence-corrected chi connectivity index (χ4v) is 4.00. The Morgan fingerprint density at radius 3 is 2.33 bits per heavy atom. The van der Waals surface area contributed by atoms with Crippen LogP contribution in [0, 0.1) is 5.92 Å². The van der Waals surface area contributed by atoms with Crippen LogP contribution in [0.5, 0.6) is 5.75 Å². The first-order valence-corrected chi connectivity index (χ1v) is 8.67. The predicted octanol–water partition coefficient (Wildman–Crippen LogP) is 4.81. The van der Waals surface area contributed by atoms with E-state index in [0.29, 0.717) is 6.54 Å². The quantitative estimate of drug-likeness (QED) is 0.708. The Labute approximate surface area is 156 Å². The van der Waals surface area contributed by atoms with Crippen molar-refractivity contribution in [2.75, 3.05) is 18.6 Å². The van der Waals surface area contributed by atoms with E-state index in [1.54, 1.807) is 12.0 Å². The number of benzene rings is 2. The standard InChI is InChI=1S/C18H16Cl3NO2/c1-24-14-9-7-12(8-10-14)16(19)15-11-22(17(23)18(15,20)21)13-5-3-2-4-6-13/h2-10,15-16H,11H2,1H3/t15-,16?/m1/s1. The van der Waals surface area contributed by atoms with Crippen LogP contribution in [0.15, 0.2) is 54.6 Å². The molecular weight excluding hydrogens is 369 g/mol. The zero-order chi connectivity index (χ0) is 17.3. The van der Waals surface area contributed by atoms with Crippen LogP contribution in [0.25, 0.3) is 0 Å². The summed E-state index contributed by atoms with van der Waals surface area (Å²) in [4.78, 5) is 14.2. The fraction of sp³-hybridized carbons (Fsp3) is 0.278. The molecule has 126 valence electrons. The molecule has 3 rings (SSSR count). The maximum absolute atomic E-state index is 12.7. The third kappa shape index (κ3) is 3.08. The molecule has 2 atom stereocenters. The third-order valence-electron chi connectivity index (χ3n) is 4.23. The highest BCUT2D eigenvalue weighted by Crippen LogP contribution is 2.49. The number of amides is 1. The van der Waals surface area contributed by atoms with Gasteiger partial charge >= 0.3 is 0 Å². The summed E-state index contributed by atoms with van der Waals surface area (Å²) in [6.45, 7) is 0.357. The lowest BCUT2D eigenvalue weighted by molar-refractivity contribution is -0.118. The van der Waals surface area contributed by atoms with E-state index >= 15 is 0 Å². The molecule has 24 heavy (non-hydrogen) atoms. The van der Waals surface area contributed by atoms with Crippen LogP contribution in [0.1, 0.15) is 10.9 Å². The van der Waals surface area contributed by atoms with Crippen LogP contribution in [0.3, 0.4) is 0 Å². The maximum Gasteiger partial charge on any atom is 0.263 e. The van der Waals surface area contributed by atoms with Gasteiger partial charge in [0.1, 0.15) is 5.75 Å². The Hall–Kier alpha value is -1.42. The first-order chi connectivity index (χ1) is 11.4. The van der Waals surface area contributed by atoms with Crippen LogP contribution in [0.4, 0.5) is 5.69 Å². The molecule has 1 aliphatic heterocycles. The molecule has 1 aliphatic rings. The molecule has 1 amide bonds. The Bertz CT molecular complexity index is 719. The van der Waals surface area contributed by atoms with Crippen molar-refractivity contribution in [3.05, 3.63) is 60.2 Å². The summed E-state index contributed by atoms with van der Waals surface area (Å²) >= 11 is 19.4. The van der Waals surface area contributed by atoms with E-state index in [0.717, 1.165) is 17.0 Å². The van der Waals surface area contributed by atoms with Crippen LogP contribution < -0.4 is 9.64 Å². The van der Waals surface area contributed by atoms with Crippen LogP contribution in [-0.4, -0.2) is 23.9 Å². The molecule has 1 heterocycles. The minimum Gasteiger partial charge on any atom is -0.497 e. The normalized spacial score (nSPS) is 20.9. The van der Waals surface area contributed by atoms with E-state index in [2.05, 4.69) is 0 Å². The van der Waals surface area contributed by atoms with Crippen molar-refractivity contribution in [3.8, 4) is 5.75 Å². The average Bonchev–Trinajstić information content (AvgIpc) is 2.85. The number of hydrogen-bond donors (Lipinski definition) is 0. The van der Waals surface area contributed by atoms with Crippen molar-refractivity contribution in [1.29, 1.82) is 0 Å². The van der Waals surface area contributed by atoms with Crippen molar-refractivity contribution >= 4 is 46.4 Å². The second-order valence-electron chi connectivity index (χ2n) is 5.66. The molecular formula is C18H16Cl3NO2. The topological polar surface area (TPSA) is 29.5 Å². The number of anilines is 1. The van der Waals surface area contributed by atoms with Gasteiger partial charge in [0.25, 0.3) is 5.91 Å². The molecule has 1 fully saturated rings. The molecule has 3 nitrogen and oxygen atoms in total. The number of methoxy groups -OCH3 is 1.